The van der Waals surface area contributed by atoms with Crippen molar-refractivity contribution in [1.29, 1.82) is 0 Å². The molecule has 2 heterocycles. The van der Waals surface area contributed by atoms with Crippen LogP contribution in [0, 0.1) is 17.8 Å². The number of nitrogens with zero attached hydrogens (tertiary/aromatic N) is 2. The smallest absolute Gasteiger partial charge is 0.225 e. The van der Waals surface area contributed by atoms with Crippen LogP contribution in [0.2, 0.25) is 0 Å². The molecule has 4 nitrogen and oxygen atoms in total. The number of carbonyl (C=O) groups is 1. The number of aryl methyl sites for hydroxylation is 1. The molecule has 3 aliphatic rings. The lowest BCUT2D eigenvalue weighted by Gasteiger charge is -2.45. The second-order valence-electron chi connectivity index (χ2n) is 8.52. The predicted molar refractivity (Wildman–Crippen MR) is 107 cm³/mol. The van der Waals surface area contributed by atoms with E-state index in [1.807, 2.05) is 11.3 Å². The average Bonchev–Trinajstić information content (AvgIpc) is 3.09. The summed E-state index contributed by atoms with van der Waals surface area (Å²) in [5.41, 5.74) is 6.40. The van der Waals surface area contributed by atoms with Crippen molar-refractivity contribution in [3.63, 3.8) is 0 Å². The van der Waals surface area contributed by atoms with E-state index in [9.17, 15) is 4.79 Å². The van der Waals surface area contributed by atoms with Gasteiger partial charge in [0.15, 0.2) is 0 Å². The Morgan fingerprint density at radius 3 is 2.38 bits per heavy atom. The number of hydrogen-bond acceptors (Lipinski definition) is 4. The average molecular weight is 376 g/mol. The highest BCUT2D eigenvalue weighted by atomic mass is 32.1. The summed E-state index contributed by atoms with van der Waals surface area (Å²) in [4.78, 5) is 20.6. The minimum absolute atomic E-state index is 0.237. The zero-order valence-corrected chi connectivity index (χ0v) is 16.8. The molecular formula is C21H33N3OS. The molecule has 2 bridgehead atoms. The van der Waals surface area contributed by atoms with Gasteiger partial charge in [-0.3, -0.25) is 9.69 Å². The van der Waals surface area contributed by atoms with E-state index in [0.717, 1.165) is 52.0 Å². The van der Waals surface area contributed by atoms with Crippen LogP contribution in [-0.2, 0) is 17.8 Å². The lowest BCUT2D eigenvalue weighted by molar-refractivity contribution is -0.140. The summed E-state index contributed by atoms with van der Waals surface area (Å²) >= 11 is 1.93. The summed E-state index contributed by atoms with van der Waals surface area (Å²) in [6.45, 7) is 7.04. The zero-order valence-electron chi connectivity index (χ0n) is 16.0. The van der Waals surface area contributed by atoms with Crippen molar-refractivity contribution < 1.29 is 4.79 Å². The molecule has 2 saturated carbocycles. The second kappa shape index (κ2) is 7.99. The Bertz CT molecular complexity index is 609. The molecule has 144 valence electrons. The predicted octanol–water partition coefficient (Wildman–Crippen LogP) is 3.11. The molecule has 2 N–H and O–H groups in total. The minimum atomic E-state index is 0.237. The Morgan fingerprint density at radius 2 is 1.77 bits per heavy atom. The Labute approximate surface area is 161 Å². The number of thiophene rings is 1. The fraction of sp³-hybridized carbons (Fsp3) is 0.762. The van der Waals surface area contributed by atoms with Crippen LogP contribution in [-0.4, -0.2) is 47.9 Å². The molecule has 26 heavy (non-hydrogen) atoms. The van der Waals surface area contributed by atoms with Gasteiger partial charge in [-0.1, -0.05) is 13.3 Å². The summed E-state index contributed by atoms with van der Waals surface area (Å²) in [6.07, 6.45) is 6.97. The quantitative estimate of drug-likeness (QED) is 0.880. The second-order valence-corrected chi connectivity index (χ2v) is 9.77. The van der Waals surface area contributed by atoms with Crippen molar-refractivity contribution >= 4 is 17.2 Å². The molecule has 2 aliphatic carbocycles. The van der Waals surface area contributed by atoms with Gasteiger partial charge >= 0.3 is 0 Å². The molecule has 1 aromatic heterocycles. The minimum Gasteiger partial charge on any atom is -0.340 e. The van der Waals surface area contributed by atoms with E-state index in [0.29, 0.717) is 23.8 Å². The maximum atomic E-state index is 13.1. The highest BCUT2D eigenvalue weighted by molar-refractivity contribution is 7.11. The highest BCUT2D eigenvalue weighted by Crippen LogP contribution is 2.42. The molecule has 1 saturated heterocycles. The van der Waals surface area contributed by atoms with Gasteiger partial charge < -0.3 is 10.6 Å². The molecule has 3 fully saturated rings. The van der Waals surface area contributed by atoms with E-state index in [4.69, 9.17) is 5.73 Å². The van der Waals surface area contributed by atoms with Crippen molar-refractivity contribution in [3.05, 3.63) is 21.9 Å². The first kappa shape index (κ1) is 18.5. The van der Waals surface area contributed by atoms with Crippen molar-refractivity contribution in [2.24, 2.45) is 23.5 Å². The van der Waals surface area contributed by atoms with Crippen LogP contribution in [0.1, 0.15) is 48.8 Å². The van der Waals surface area contributed by atoms with Crippen LogP contribution >= 0.6 is 11.3 Å². The first-order valence-corrected chi connectivity index (χ1v) is 11.3. The third-order valence-electron chi connectivity index (χ3n) is 6.89. The normalized spacial score (nSPS) is 32.6. The summed E-state index contributed by atoms with van der Waals surface area (Å²) in [5.74, 6) is 1.83. The highest BCUT2D eigenvalue weighted by Gasteiger charge is 2.41. The monoisotopic (exact) mass is 375 g/mol. The lowest BCUT2D eigenvalue weighted by atomic mass is 9.65. The van der Waals surface area contributed by atoms with E-state index in [1.54, 1.807) is 0 Å². The summed E-state index contributed by atoms with van der Waals surface area (Å²) in [5, 5.41) is 0. The van der Waals surface area contributed by atoms with Gasteiger partial charge in [-0.15, -0.1) is 11.3 Å². The molecule has 0 aromatic carbocycles. The number of nitrogens with two attached hydrogens (primary N) is 1. The fourth-order valence-electron chi connectivity index (χ4n) is 5.29. The number of rotatable bonds is 4. The van der Waals surface area contributed by atoms with Gasteiger partial charge in [0.05, 0.1) is 0 Å². The van der Waals surface area contributed by atoms with Crippen LogP contribution in [0.4, 0.5) is 0 Å². The zero-order chi connectivity index (χ0) is 18.1. The molecule has 5 heteroatoms. The number of carbonyl (C=O) groups excluding carboxylic acids is 1. The van der Waals surface area contributed by atoms with Gasteiger partial charge in [0.1, 0.15) is 0 Å². The van der Waals surface area contributed by atoms with Gasteiger partial charge in [-0.25, -0.2) is 0 Å². The molecule has 1 aliphatic heterocycles. The molecule has 1 amide bonds. The Morgan fingerprint density at radius 1 is 1.12 bits per heavy atom. The van der Waals surface area contributed by atoms with E-state index >= 15 is 0 Å². The van der Waals surface area contributed by atoms with Crippen LogP contribution in [0.5, 0.6) is 0 Å². The summed E-state index contributed by atoms with van der Waals surface area (Å²) in [7, 11) is 0. The number of amides is 1. The molecule has 2 unspecified atom stereocenters. The number of hydrogen-bond donors (Lipinski definition) is 1. The Kier molecular flexibility index (Phi) is 5.67. The van der Waals surface area contributed by atoms with Crippen LogP contribution in [0.3, 0.4) is 0 Å². The first-order valence-electron chi connectivity index (χ1n) is 10.5. The number of piperazine rings is 1. The van der Waals surface area contributed by atoms with E-state index in [2.05, 4.69) is 28.9 Å². The molecular weight excluding hydrogens is 342 g/mol. The fourth-order valence-corrected chi connectivity index (χ4v) is 6.29. The van der Waals surface area contributed by atoms with Gasteiger partial charge in [-0.05, 0) is 56.1 Å². The van der Waals surface area contributed by atoms with E-state index in [-0.39, 0.29) is 5.92 Å². The topological polar surface area (TPSA) is 49.6 Å². The van der Waals surface area contributed by atoms with Crippen LogP contribution < -0.4 is 5.73 Å². The van der Waals surface area contributed by atoms with Gasteiger partial charge in [0, 0.05) is 54.4 Å². The molecule has 0 radical (unpaired) electrons. The summed E-state index contributed by atoms with van der Waals surface area (Å²) in [6, 6.07) is 4.87. The lowest BCUT2D eigenvalue weighted by Crippen LogP contribution is -2.53. The summed E-state index contributed by atoms with van der Waals surface area (Å²) < 4.78 is 0. The third-order valence-corrected chi connectivity index (χ3v) is 8.11. The molecule has 0 spiro atoms. The maximum Gasteiger partial charge on any atom is 0.225 e. The standard InChI is InChI=1S/C21H33N3OS/c1-2-18-6-7-19(26-18)14-23-8-10-24(11-9-23)21(25)17-12-15-4-3-5-16(13-17)20(15)22/h6-7,15-17,20H,2-5,8-14,22H2,1H3. The van der Waals surface area contributed by atoms with Gasteiger partial charge in [0.2, 0.25) is 5.91 Å². The van der Waals surface area contributed by atoms with E-state index in [1.165, 1.54) is 29.0 Å². The molecule has 2 atom stereocenters. The van der Waals surface area contributed by atoms with Crippen molar-refractivity contribution in [2.75, 3.05) is 26.2 Å². The van der Waals surface area contributed by atoms with Crippen LogP contribution in [0.25, 0.3) is 0 Å². The largest absolute Gasteiger partial charge is 0.340 e. The Hall–Kier alpha value is -0.910. The third kappa shape index (κ3) is 3.85. The molecule has 4 rings (SSSR count). The van der Waals surface area contributed by atoms with Crippen molar-refractivity contribution in [1.82, 2.24) is 9.80 Å². The van der Waals surface area contributed by atoms with Crippen molar-refractivity contribution in [3.8, 4) is 0 Å². The van der Waals surface area contributed by atoms with Gasteiger partial charge in [0.25, 0.3) is 0 Å². The molecule has 1 aromatic rings. The van der Waals surface area contributed by atoms with E-state index < -0.39 is 0 Å². The first-order chi connectivity index (χ1) is 12.6. The van der Waals surface area contributed by atoms with Crippen molar-refractivity contribution in [2.45, 2.75) is 58.0 Å². The maximum absolute atomic E-state index is 13.1. The SMILES string of the molecule is CCc1ccc(CN2CCN(C(=O)C3CC4CCCC(C3)C4N)CC2)s1. The number of fused-ring (bicyclic) bond motifs is 2. The van der Waals surface area contributed by atoms with Crippen LogP contribution in [0.15, 0.2) is 12.1 Å². The van der Waals surface area contributed by atoms with Gasteiger partial charge in [-0.2, -0.15) is 0 Å². The Balaban J connectivity index is 1.28.